The minimum absolute atomic E-state index is 0. The molecule has 0 aromatic heterocycles. The van der Waals surface area contributed by atoms with Crippen LogP contribution < -0.4 is 98.8 Å². The minimum atomic E-state index is -4.70. The van der Waals surface area contributed by atoms with Crippen LogP contribution in [0.5, 0.6) is 0 Å². The smallest absolute Gasteiger partial charge is 0.748 e. The van der Waals surface area contributed by atoms with Crippen molar-refractivity contribution in [3.63, 3.8) is 0 Å². The topological polar surface area (TPSA) is 219 Å². The van der Waals surface area contributed by atoms with E-state index in [1.165, 1.54) is 12.1 Å². The standard InChI is InChI=1S/C44H47ClN2O12S4.3Na/c1-43(2)38(46(22-6-24-61(49,50)51)36-18-10-30-26-32(60-59-58-48)14-16-34(30)40(36)43)20-12-28-8-5-9-29(42(28)45)13-21-39-44(3,4)41-35-17-15-33(63(55,56)57)27-31(35)11-19-37(41)47(39)23-7-25-62(52,53)54;;;/h10-21,26-27H,5-9,22-25H2,1-4H3,(H3-,48,49,50,51,52,53,54,55,56,57);;;/q;3*+1/p-3. The molecule has 0 bridgehead atoms. The summed E-state index contributed by atoms with van der Waals surface area (Å²) in [6.45, 7) is 8.63. The molecule has 0 N–H and O–H groups in total. The number of benzene rings is 4. The average molecular weight is 1030 g/mol. The van der Waals surface area contributed by atoms with E-state index in [-0.39, 0.29) is 119 Å². The van der Waals surface area contributed by atoms with Crippen molar-refractivity contribution >= 4 is 92.6 Å². The van der Waals surface area contributed by atoms with E-state index in [1.54, 1.807) is 18.2 Å². The van der Waals surface area contributed by atoms with Gasteiger partial charge < -0.3 is 23.8 Å². The van der Waals surface area contributed by atoms with Crippen molar-refractivity contribution in [2.75, 3.05) is 29.5 Å². The van der Waals surface area contributed by atoms with E-state index < -0.39 is 52.7 Å². The van der Waals surface area contributed by atoms with Crippen LogP contribution in [0.15, 0.2) is 117 Å². The van der Waals surface area contributed by atoms with Crippen LogP contribution in [0.3, 0.4) is 0 Å². The van der Waals surface area contributed by atoms with Gasteiger partial charge in [0.05, 0.1) is 42.6 Å². The molecule has 0 saturated carbocycles. The van der Waals surface area contributed by atoms with Gasteiger partial charge in [-0.05, 0) is 120 Å². The predicted octanol–water partition coefficient (Wildman–Crippen LogP) is -1.77. The van der Waals surface area contributed by atoms with Crippen LogP contribution in [0, 0.1) is 0 Å². The molecule has 22 heteroatoms. The first-order valence-corrected chi connectivity index (χ1v) is 25.7. The number of nitrogens with zero attached hydrogens (tertiary/aromatic N) is 2. The van der Waals surface area contributed by atoms with Gasteiger partial charge in [0.1, 0.15) is 16.7 Å². The fourth-order valence-corrected chi connectivity index (χ4v) is 11.4. The molecule has 0 fully saturated rings. The SMILES string of the molecule is CC1(C)C(/C=C/C2=C(Cl)C(=C/C=C3/N(CCCS(=O)(=O)[O-])c4ccc5cc(SOO[O-])ccc5c4C3(C)C)/CCC2)=[N+](CCCS(=O)(=O)[O-])c2ccc3cc(S(=O)(=O)[O-])ccc3c21.[Na+].[Na+].[Na+]. The molecule has 2 aliphatic heterocycles. The van der Waals surface area contributed by atoms with E-state index in [0.717, 1.165) is 79.7 Å². The zero-order chi connectivity index (χ0) is 45.7. The first-order chi connectivity index (χ1) is 29.5. The van der Waals surface area contributed by atoms with Crippen LogP contribution in [0.4, 0.5) is 11.4 Å². The second-order valence-electron chi connectivity index (χ2n) is 16.8. The van der Waals surface area contributed by atoms with Gasteiger partial charge in [0, 0.05) is 68.9 Å². The number of allylic oxidation sites excluding steroid dienone is 8. The summed E-state index contributed by atoms with van der Waals surface area (Å²) in [5.41, 5.74) is 5.59. The Morgan fingerprint density at radius 3 is 2.08 bits per heavy atom. The predicted molar refractivity (Wildman–Crippen MR) is 237 cm³/mol. The normalized spacial score (nSPS) is 18.2. The Hall–Kier alpha value is -0.920. The van der Waals surface area contributed by atoms with Gasteiger partial charge in [-0.2, -0.15) is 8.91 Å². The molecule has 0 spiro atoms. The zero-order valence-electron chi connectivity index (χ0n) is 37.8. The number of hydrogen-bond donors (Lipinski definition) is 0. The van der Waals surface area contributed by atoms with E-state index in [1.807, 2.05) is 78.0 Å². The van der Waals surface area contributed by atoms with Crippen LogP contribution in [-0.4, -0.2) is 73.8 Å². The van der Waals surface area contributed by atoms with E-state index in [4.69, 9.17) is 11.6 Å². The van der Waals surface area contributed by atoms with Crippen molar-refractivity contribution in [3.05, 3.63) is 118 Å². The molecule has 1 aliphatic carbocycles. The van der Waals surface area contributed by atoms with Crippen molar-refractivity contribution < 1.29 is 147 Å². The number of halogens is 1. The molecule has 0 radical (unpaired) electrons. The van der Waals surface area contributed by atoms with Gasteiger partial charge in [-0.3, -0.25) is 5.04 Å². The molecule has 2 heterocycles. The van der Waals surface area contributed by atoms with Gasteiger partial charge in [-0.15, -0.1) is 0 Å². The molecular formula is C44H44ClN2Na3O12S4. The van der Waals surface area contributed by atoms with E-state index in [2.05, 4.69) is 23.2 Å². The molecule has 66 heavy (non-hydrogen) atoms. The second-order valence-corrected chi connectivity index (χ2v) is 22.4. The fraction of sp³-hybridized carbons (Fsp3) is 0.341. The Bertz CT molecular complexity index is 3050. The van der Waals surface area contributed by atoms with E-state index >= 15 is 0 Å². The first kappa shape index (κ1) is 57.7. The van der Waals surface area contributed by atoms with Crippen molar-refractivity contribution in [1.29, 1.82) is 0 Å². The third-order valence-corrected chi connectivity index (χ3v) is 15.4. The molecule has 0 unspecified atom stereocenters. The molecule has 336 valence electrons. The third kappa shape index (κ3) is 12.6. The summed E-state index contributed by atoms with van der Waals surface area (Å²) in [5, 5.41) is 17.6. The largest absolute Gasteiger partial charge is 1.00 e. The summed E-state index contributed by atoms with van der Waals surface area (Å²) in [6.07, 6.45) is 10.2. The van der Waals surface area contributed by atoms with E-state index in [0.29, 0.717) is 28.2 Å². The Kier molecular flexibility index (Phi) is 19.8. The molecule has 0 amide bonds. The molecule has 0 atom stereocenters. The summed E-state index contributed by atoms with van der Waals surface area (Å²) in [5.74, 6) is -1.08. The Balaban J connectivity index is 0.00000317. The minimum Gasteiger partial charge on any atom is -0.748 e. The summed E-state index contributed by atoms with van der Waals surface area (Å²) in [4.78, 5) is 2.35. The molecule has 0 saturated heterocycles. The Morgan fingerprint density at radius 2 is 1.41 bits per heavy atom. The van der Waals surface area contributed by atoms with Gasteiger partial charge in [0.15, 0.2) is 5.71 Å². The van der Waals surface area contributed by atoms with Gasteiger partial charge in [-0.1, -0.05) is 55.8 Å². The Morgan fingerprint density at radius 1 is 0.773 bits per heavy atom. The van der Waals surface area contributed by atoms with Gasteiger partial charge >= 0.3 is 88.7 Å². The molecule has 3 aliphatic rings. The number of hydrogen-bond acceptors (Lipinski definition) is 14. The first-order valence-electron chi connectivity index (χ1n) is 20.0. The number of fused-ring (bicyclic) bond motifs is 6. The monoisotopic (exact) mass is 1020 g/mol. The van der Waals surface area contributed by atoms with Crippen molar-refractivity contribution in [2.24, 2.45) is 0 Å². The van der Waals surface area contributed by atoms with Crippen molar-refractivity contribution in [3.8, 4) is 0 Å². The van der Waals surface area contributed by atoms with Gasteiger partial charge in [0.25, 0.3) is 0 Å². The van der Waals surface area contributed by atoms with E-state index in [9.17, 15) is 44.2 Å². The fourth-order valence-electron chi connectivity index (χ4n) is 9.25. The number of rotatable bonds is 15. The second kappa shape index (κ2) is 22.7. The number of anilines is 1. The summed E-state index contributed by atoms with van der Waals surface area (Å²) < 4.78 is 112. The molecule has 14 nitrogen and oxygen atoms in total. The molecule has 4 aromatic rings. The molecular weight excluding hydrogens is 981 g/mol. The zero-order valence-corrected chi connectivity index (χ0v) is 47.8. The maximum absolute atomic E-state index is 11.9. The third-order valence-electron chi connectivity index (χ3n) is 12.0. The molecule has 7 rings (SSSR count). The van der Waals surface area contributed by atoms with Crippen LogP contribution in [0.2, 0.25) is 0 Å². The summed E-state index contributed by atoms with van der Waals surface area (Å²) in [6, 6.07) is 17.3. The van der Waals surface area contributed by atoms with Crippen molar-refractivity contribution in [2.45, 2.75) is 80.4 Å². The average Bonchev–Trinajstić information content (AvgIpc) is 3.55. The quantitative estimate of drug-likeness (QED) is 0.0322. The van der Waals surface area contributed by atoms with Crippen LogP contribution in [0.1, 0.15) is 70.9 Å². The molecule has 4 aromatic carbocycles. The van der Waals surface area contributed by atoms with Crippen LogP contribution in [0.25, 0.3) is 21.5 Å². The Labute approximate surface area is 461 Å². The summed E-state index contributed by atoms with van der Waals surface area (Å²) in [7, 11) is -13.6. The van der Waals surface area contributed by atoms with Crippen molar-refractivity contribution in [1.82, 2.24) is 0 Å². The van der Waals surface area contributed by atoms with Crippen LogP contribution >= 0.6 is 23.6 Å². The van der Waals surface area contributed by atoms with Crippen LogP contribution in [-0.2, 0) is 50.6 Å². The summed E-state index contributed by atoms with van der Waals surface area (Å²) >= 11 is 8.00. The maximum atomic E-state index is 11.9. The van der Waals surface area contributed by atoms with Gasteiger partial charge in [-0.25, -0.2) is 25.3 Å². The maximum Gasteiger partial charge on any atom is 1.00 e. The van der Waals surface area contributed by atoms with Gasteiger partial charge in [0.2, 0.25) is 5.69 Å².